The standard InChI is InChI=1S/C17H18O/c1-3-9-14-10-7-8-13-16(14)17(18-2)15-11-5-4-6-12-15/h3-13,17H,1-2H3/b9-3-. The predicted octanol–water partition coefficient (Wildman–Crippen LogP) is 4.46. The summed E-state index contributed by atoms with van der Waals surface area (Å²) in [5, 5.41) is 0. The minimum atomic E-state index is -0.0152. The Morgan fingerprint density at radius 2 is 1.61 bits per heavy atom. The second-order valence-electron chi connectivity index (χ2n) is 4.16. The second-order valence-corrected chi connectivity index (χ2v) is 4.16. The molecule has 0 aliphatic heterocycles. The van der Waals surface area contributed by atoms with Crippen molar-refractivity contribution in [2.45, 2.75) is 13.0 Å². The summed E-state index contributed by atoms with van der Waals surface area (Å²) in [4.78, 5) is 0. The topological polar surface area (TPSA) is 9.23 Å². The van der Waals surface area contributed by atoms with Gasteiger partial charge in [0.15, 0.2) is 0 Å². The molecule has 2 aromatic rings. The molecule has 1 atom stereocenters. The third-order valence-electron chi connectivity index (χ3n) is 2.96. The van der Waals surface area contributed by atoms with E-state index in [1.54, 1.807) is 7.11 Å². The van der Waals surface area contributed by atoms with Crippen LogP contribution in [0.5, 0.6) is 0 Å². The van der Waals surface area contributed by atoms with E-state index >= 15 is 0 Å². The molecule has 2 rings (SSSR count). The molecule has 0 fully saturated rings. The quantitative estimate of drug-likeness (QED) is 0.764. The van der Waals surface area contributed by atoms with Crippen molar-refractivity contribution < 1.29 is 4.74 Å². The molecule has 1 nitrogen and oxygen atoms in total. The van der Waals surface area contributed by atoms with Crippen LogP contribution in [0.2, 0.25) is 0 Å². The van der Waals surface area contributed by atoms with Crippen molar-refractivity contribution in [3.63, 3.8) is 0 Å². The lowest BCUT2D eigenvalue weighted by atomic mass is 9.96. The number of allylic oxidation sites excluding steroid dienone is 1. The van der Waals surface area contributed by atoms with E-state index in [1.807, 2.05) is 25.1 Å². The molecule has 0 aliphatic rings. The average molecular weight is 238 g/mol. The van der Waals surface area contributed by atoms with Crippen LogP contribution < -0.4 is 0 Å². The molecule has 1 unspecified atom stereocenters. The summed E-state index contributed by atoms with van der Waals surface area (Å²) in [5.74, 6) is 0. The first-order valence-corrected chi connectivity index (χ1v) is 6.16. The maximum absolute atomic E-state index is 5.68. The Balaban J connectivity index is 2.45. The van der Waals surface area contributed by atoms with Gasteiger partial charge in [0.2, 0.25) is 0 Å². The van der Waals surface area contributed by atoms with Crippen LogP contribution in [0.1, 0.15) is 29.7 Å². The maximum atomic E-state index is 5.68. The van der Waals surface area contributed by atoms with Crippen molar-refractivity contribution in [1.29, 1.82) is 0 Å². The molecule has 92 valence electrons. The molecule has 0 radical (unpaired) electrons. The number of rotatable bonds is 4. The molecule has 0 saturated carbocycles. The number of hydrogen-bond donors (Lipinski definition) is 0. The van der Waals surface area contributed by atoms with Gasteiger partial charge in [0.1, 0.15) is 6.10 Å². The van der Waals surface area contributed by atoms with Crippen molar-refractivity contribution >= 4 is 6.08 Å². The van der Waals surface area contributed by atoms with Crippen LogP contribution in [-0.4, -0.2) is 7.11 Å². The van der Waals surface area contributed by atoms with Gasteiger partial charge in [-0.1, -0.05) is 66.7 Å². The summed E-state index contributed by atoms with van der Waals surface area (Å²) in [7, 11) is 1.75. The molecule has 0 saturated heterocycles. The fraction of sp³-hybridized carbons (Fsp3) is 0.176. The summed E-state index contributed by atoms with van der Waals surface area (Å²) in [5.41, 5.74) is 3.58. The van der Waals surface area contributed by atoms with E-state index < -0.39 is 0 Å². The zero-order valence-corrected chi connectivity index (χ0v) is 10.8. The van der Waals surface area contributed by atoms with E-state index in [1.165, 1.54) is 16.7 Å². The fourth-order valence-corrected chi connectivity index (χ4v) is 2.15. The van der Waals surface area contributed by atoms with Gasteiger partial charge in [-0.3, -0.25) is 0 Å². The Bertz CT molecular complexity index is 514. The van der Waals surface area contributed by atoms with E-state index in [9.17, 15) is 0 Å². The molecule has 0 bridgehead atoms. The molecule has 1 heteroatoms. The summed E-state index contributed by atoms with van der Waals surface area (Å²) >= 11 is 0. The van der Waals surface area contributed by atoms with E-state index in [0.29, 0.717) is 0 Å². The third kappa shape index (κ3) is 2.69. The number of methoxy groups -OCH3 is 1. The molecule has 0 N–H and O–H groups in total. The van der Waals surface area contributed by atoms with Gasteiger partial charge in [-0.15, -0.1) is 0 Å². The Morgan fingerprint density at radius 1 is 0.944 bits per heavy atom. The number of benzene rings is 2. The molecule has 18 heavy (non-hydrogen) atoms. The van der Waals surface area contributed by atoms with Gasteiger partial charge in [-0.2, -0.15) is 0 Å². The lowest BCUT2D eigenvalue weighted by Crippen LogP contribution is -2.05. The smallest absolute Gasteiger partial charge is 0.108 e. The van der Waals surface area contributed by atoms with E-state index in [4.69, 9.17) is 4.74 Å². The van der Waals surface area contributed by atoms with Crippen LogP contribution in [0.25, 0.3) is 6.08 Å². The molecular weight excluding hydrogens is 220 g/mol. The molecular formula is C17H18O. The Morgan fingerprint density at radius 3 is 2.28 bits per heavy atom. The molecule has 0 spiro atoms. The fourth-order valence-electron chi connectivity index (χ4n) is 2.15. The van der Waals surface area contributed by atoms with Gasteiger partial charge in [-0.25, -0.2) is 0 Å². The van der Waals surface area contributed by atoms with Gasteiger partial charge in [0.25, 0.3) is 0 Å². The zero-order chi connectivity index (χ0) is 12.8. The molecule has 0 amide bonds. The van der Waals surface area contributed by atoms with Crippen molar-refractivity contribution in [3.8, 4) is 0 Å². The van der Waals surface area contributed by atoms with Crippen LogP contribution in [0.3, 0.4) is 0 Å². The number of ether oxygens (including phenoxy) is 1. The monoisotopic (exact) mass is 238 g/mol. The molecule has 0 aliphatic carbocycles. The highest BCUT2D eigenvalue weighted by Gasteiger charge is 2.14. The highest BCUT2D eigenvalue weighted by Crippen LogP contribution is 2.28. The van der Waals surface area contributed by atoms with Crippen LogP contribution in [0.15, 0.2) is 60.7 Å². The zero-order valence-electron chi connectivity index (χ0n) is 10.8. The lowest BCUT2D eigenvalue weighted by Gasteiger charge is -2.18. The summed E-state index contributed by atoms with van der Waals surface area (Å²) in [6.45, 7) is 2.03. The van der Waals surface area contributed by atoms with Crippen LogP contribution in [0, 0.1) is 0 Å². The minimum absolute atomic E-state index is 0.0152. The van der Waals surface area contributed by atoms with E-state index in [-0.39, 0.29) is 6.10 Å². The molecule has 0 aromatic heterocycles. The SMILES string of the molecule is C/C=C\c1ccccc1C(OC)c1ccccc1. The van der Waals surface area contributed by atoms with Crippen molar-refractivity contribution in [2.75, 3.05) is 7.11 Å². The first-order chi connectivity index (χ1) is 8.86. The molecule has 2 aromatic carbocycles. The first kappa shape index (κ1) is 12.6. The minimum Gasteiger partial charge on any atom is -0.372 e. The largest absolute Gasteiger partial charge is 0.372 e. The van der Waals surface area contributed by atoms with Crippen LogP contribution in [-0.2, 0) is 4.74 Å². The van der Waals surface area contributed by atoms with Gasteiger partial charge < -0.3 is 4.74 Å². The maximum Gasteiger partial charge on any atom is 0.108 e. The molecule has 0 heterocycles. The summed E-state index contributed by atoms with van der Waals surface area (Å²) in [6, 6.07) is 18.6. The highest BCUT2D eigenvalue weighted by molar-refractivity contribution is 5.55. The van der Waals surface area contributed by atoms with Crippen molar-refractivity contribution in [2.24, 2.45) is 0 Å². The Hall–Kier alpha value is -1.86. The van der Waals surface area contributed by atoms with Crippen LogP contribution >= 0.6 is 0 Å². The van der Waals surface area contributed by atoms with Gasteiger partial charge >= 0.3 is 0 Å². The lowest BCUT2D eigenvalue weighted by molar-refractivity contribution is 0.136. The third-order valence-corrected chi connectivity index (χ3v) is 2.96. The normalized spacial score (nSPS) is 12.8. The van der Waals surface area contributed by atoms with Gasteiger partial charge in [0.05, 0.1) is 0 Å². The second kappa shape index (κ2) is 6.18. The predicted molar refractivity (Wildman–Crippen MR) is 76.4 cm³/mol. The Kier molecular flexibility index (Phi) is 4.32. The van der Waals surface area contributed by atoms with E-state index in [2.05, 4.69) is 48.6 Å². The van der Waals surface area contributed by atoms with E-state index in [0.717, 1.165) is 0 Å². The summed E-state index contributed by atoms with van der Waals surface area (Å²) in [6.07, 6.45) is 4.15. The first-order valence-electron chi connectivity index (χ1n) is 6.16. The highest BCUT2D eigenvalue weighted by atomic mass is 16.5. The van der Waals surface area contributed by atoms with Crippen LogP contribution in [0.4, 0.5) is 0 Å². The van der Waals surface area contributed by atoms with Gasteiger partial charge in [0, 0.05) is 7.11 Å². The Labute approximate surface area is 109 Å². The average Bonchev–Trinajstić information content (AvgIpc) is 2.43. The van der Waals surface area contributed by atoms with Crippen molar-refractivity contribution in [1.82, 2.24) is 0 Å². The van der Waals surface area contributed by atoms with Crippen molar-refractivity contribution in [3.05, 3.63) is 77.4 Å². The number of hydrogen-bond acceptors (Lipinski definition) is 1. The summed E-state index contributed by atoms with van der Waals surface area (Å²) < 4.78 is 5.68. The van der Waals surface area contributed by atoms with Gasteiger partial charge in [-0.05, 0) is 23.6 Å².